The minimum absolute atomic E-state index is 0.0411. The van der Waals surface area contributed by atoms with Gasteiger partial charge in [0.15, 0.2) is 0 Å². The third-order valence-corrected chi connectivity index (χ3v) is 5.94. The van der Waals surface area contributed by atoms with Crippen molar-refractivity contribution >= 4 is 17.5 Å². The average molecular weight is 342 g/mol. The Morgan fingerprint density at radius 1 is 1.12 bits per heavy atom. The largest absolute Gasteiger partial charge is 0.342 e. The van der Waals surface area contributed by atoms with Crippen LogP contribution in [0.2, 0.25) is 0 Å². The second kappa shape index (κ2) is 7.59. The van der Waals surface area contributed by atoms with Crippen LogP contribution in [0.4, 0.5) is 5.69 Å². The lowest BCUT2D eigenvalue weighted by Gasteiger charge is -2.35. The molecule has 1 aromatic carbocycles. The minimum Gasteiger partial charge on any atom is -0.342 e. The van der Waals surface area contributed by atoms with Crippen molar-refractivity contribution in [3.05, 3.63) is 29.8 Å². The van der Waals surface area contributed by atoms with Crippen molar-refractivity contribution in [1.29, 1.82) is 0 Å². The van der Waals surface area contributed by atoms with E-state index in [1.165, 1.54) is 5.56 Å². The smallest absolute Gasteiger partial charge is 0.230 e. The minimum atomic E-state index is 0.0411. The molecule has 25 heavy (non-hydrogen) atoms. The molecule has 4 heteroatoms. The van der Waals surface area contributed by atoms with E-state index in [4.69, 9.17) is 0 Å². The van der Waals surface area contributed by atoms with Crippen LogP contribution in [0, 0.1) is 11.8 Å². The Bertz CT molecular complexity index is 631. The third-order valence-electron chi connectivity index (χ3n) is 5.94. The molecule has 3 rings (SSSR count). The fourth-order valence-electron chi connectivity index (χ4n) is 4.34. The number of fused-ring (bicyclic) bond motifs is 1. The van der Waals surface area contributed by atoms with E-state index in [-0.39, 0.29) is 29.7 Å². The van der Waals surface area contributed by atoms with Gasteiger partial charge in [0.25, 0.3) is 0 Å². The van der Waals surface area contributed by atoms with Gasteiger partial charge in [-0.15, -0.1) is 0 Å². The van der Waals surface area contributed by atoms with E-state index in [0.717, 1.165) is 50.9 Å². The van der Waals surface area contributed by atoms with E-state index >= 15 is 0 Å². The summed E-state index contributed by atoms with van der Waals surface area (Å²) >= 11 is 0. The molecule has 0 aliphatic carbocycles. The first kappa shape index (κ1) is 18.0. The van der Waals surface area contributed by atoms with Gasteiger partial charge >= 0.3 is 0 Å². The molecule has 1 fully saturated rings. The number of carbonyl (C=O) groups is 2. The summed E-state index contributed by atoms with van der Waals surface area (Å²) in [5, 5.41) is 0. The lowest BCUT2D eigenvalue weighted by molar-refractivity contribution is -0.139. The number of piperidine rings is 1. The quantitative estimate of drug-likeness (QED) is 0.838. The van der Waals surface area contributed by atoms with Gasteiger partial charge in [-0.3, -0.25) is 9.59 Å². The van der Waals surface area contributed by atoms with Crippen LogP contribution in [-0.2, 0) is 16.0 Å². The molecule has 2 aliphatic rings. The number of nitrogens with zero attached hydrogens (tertiary/aromatic N) is 2. The van der Waals surface area contributed by atoms with Gasteiger partial charge in [0.2, 0.25) is 11.8 Å². The van der Waals surface area contributed by atoms with Crippen LogP contribution in [0.3, 0.4) is 0 Å². The van der Waals surface area contributed by atoms with Crippen molar-refractivity contribution in [3.63, 3.8) is 0 Å². The van der Waals surface area contributed by atoms with E-state index in [0.29, 0.717) is 0 Å². The molecule has 2 aliphatic heterocycles. The molecule has 4 nitrogen and oxygen atoms in total. The highest BCUT2D eigenvalue weighted by Crippen LogP contribution is 2.34. The van der Waals surface area contributed by atoms with Gasteiger partial charge in [0.1, 0.15) is 0 Å². The molecular weight excluding hydrogens is 312 g/mol. The average Bonchev–Trinajstić information content (AvgIpc) is 2.98. The standard InChI is InChI=1S/C21H30N2O2/c1-4-16(5-2)20(24)22-12-10-17(11-13-22)21(25)23-15(3)14-18-8-6-7-9-19(18)23/h6-9,15-17H,4-5,10-14H2,1-3H3. The Hall–Kier alpha value is -1.84. The Kier molecular flexibility index (Phi) is 5.45. The number of hydrogen-bond acceptors (Lipinski definition) is 2. The van der Waals surface area contributed by atoms with Crippen molar-refractivity contribution in [2.24, 2.45) is 11.8 Å². The lowest BCUT2D eigenvalue weighted by atomic mass is 9.93. The topological polar surface area (TPSA) is 40.6 Å². The number of rotatable bonds is 4. The first-order valence-electron chi connectivity index (χ1n) is 9.76. The highest BCUT2D eigenvalue weighted by molar-refractivity contribution is 5.97. The van der Waals surface area contributed by atoms with Crippen LogP contribution in [0.25, 0.3) is 0 Å². The van der Waals surface area contributed by atoms with Gasteiger partial charge in [-0.05, 0) is 50.7 Å². The highest BCUT2D eigenvalue weighted by atomic mass is 16.2. The summed E-state index contributed by atoms with van der Waals surface area (Å²) in [5.41, 5.74) is 2.35. The number of benzene rings is 1. The van der Waals surface area contributed by atoms with Crippen molar-refractivity contribution in [2.75, 3.05) is 18.0 Å². The highest BCUT2D eigenvalue weighted by Gasteiger charge is 2.37. The van der Waals surface area contributed by atoms with E-state index < -0.39 is 0 Å². The van der Waals surface area contributed by atoms with Crippen LogP contribution < -0.4 is 4.90 Å². The molecule has 0 radical (unpaired) electrons. The van der Waals surface area contributed by atoms with Crippen molar-refractivity contribution in [2.45, 2.75) is 58.9 Å². The van der Waals surface area contributed by atoms with Gasteiger partial charge < -0.3 is 9.80 Å². The van der Waals surface area contributed by atoms with Gasteiger partial charge in [0.05, 0.1) is 0 Å². The molecule has 1 atom stereocenters. The van der Waals surface area contributed by atoms with Crippen molar-refractivity contribution in [3.8, 4) is 0 Å². The Morgan fingerprint density at radius 2 is 1.76 bits per heavy atom. The summed E-state index contributed by atoms with van der Waals surface area (Å²) in [6.45, 7) is 7.72. The molecule has 0 spiro atoms. The van der Waals surface area contributed by atoms with E-state index in [1.807, 2.05) is 21.9 Å². The molecule has 2 heterocycles. The van der Waals surface area contributed by atoms with Gasteiger partial charge in [-0.25, -0.2) is 0 Å². The van der Waals surface area contributed by atoms with Crippen LogP contribution in [0.5, 0.6) is 0 Å². The maximum Gasteiger partial charge on any atom is 0.230 e. The van der Waals surface area contributed by atoms with Crippen LogP contribution in [0.15, 0.2) is 24.3 Å². The number of likely N-dealkylation sites (tertiary alicyclic amines) is 1. The van der Waals surface area contributed by atoms with Crippen LogP contribution in [0.1, 0.15) is 52.0 Å². The van der Waals surface area contributed by atoms with Gasteiger partial charge in [0, 0.05) is 36.7 Å². The summed E-state index contributed by atoms with van der Waals surface area (Å²) in [4.78, 5) is 29.6. The number of amides is 2. The SMILES string of the molecule is CCC(CC)C(=O)N1CCC(C(=O)N2c3ccccc3CC2C)CC1. The Morgan fingerprint density at radius 3 is 2.40 bits per heavy atom. The maximum atomic E-state index is 13.1. The molecular formula is C21H30N2O2. The first-order chi connectivity index (χ1) is 12.1. The predicted molar refractivity (Wildman–Crippen MR) is 100 cm³/mol. The van der Waals surface area contributed by atoms with Crippen molar-refractivity contribution in [1.82, 2.24) is 4.90 Å². The Balaban J connectivity index is 1.64. The summed E-state index contributed by atoms with van der Waals surface area (Å²) in [7, 11) is 0. The number of anilines is 1. The fourth-order valence-corrected chi connectivity index (χ4v) is 4.34. The van der Waals surface area contributed by atoms with Gasteiger partial charge in [-0.2, -0.15) is 0 Å². The zero-order valence-electron chi connectivity index (χ0n) is 15.7. The second-order valence-electron chi connectivity index (χ2n) is 7.50. The number of para-hydroxylation sites is 1. The molecule has 0 aromatic heterocycles. The molecule has 2 amide bonds. The molecule has 0 saturated carbocycles. The molecule has 1 aromatic rings. The molecule has 0 bridgehead atoms. The molecule has 136 valence electrons. The zero-order valence-corrected chi connectivity index (χ0v) is 15.7. The number of carbonyl (C=O) groups excluding carboxylic acids is 2. The van der Waals surface area contributed by atoms with E-state index in [2.05, 4.69) is 32.9 Å². The Labute approximate surface area is 151 Å². The fraction of sp³-hybridized carbons (Fsp3) is 0.619. The van der Waals surface area contributed by atoms with Gasteiger partial charge in [-0.1, -0.05) is 32.0 Å². The zero-order chi connectivity index (χ0) is 18.0. The molecule has 0 N–H and O–H groups in total. The third kappa shape index (κ3) is 3.44. The summed E-state index contributed by atoms with van der Waals surface area (Å²) < 4.78 is 0. The summed E-state index contributed by atoms with van der Waals surface area (Å²) in [6.07, 6.45) is 4.31. The molecule has 1 saturated heterocycles. The summed E-state index contributed by atoms with van der Waals surface area (Å²) in [5.74, 6) is 0.694. The number of hydrogen-bond donors (Lipinski definition) is 0. The van der Waals surface area contributed by atoms with Crippen LogP contribution >= 0.6 is 0 Å². The van der Waals surface area contributed by atoms with Crippen LogP contribution in [-0.4, -0.2) is 35.8 Å². The maximum absolute atomic E-state index is 13.1. The predicted octanol–water partition coefficient (Wildman–Crippen LogP) is 3.64. The first-order valence-corrected chi connectivity index (χ1v) is 9.76. The monoisotopic (exact) mass is 342 g/mol. The normalized spacial score (nSPS) is 20.9. The van der Waals surface area contributed by atoms with Crippen molar-refractivity contribution < 1.29 is 9.59 Å². The second-order valence-corrected chi connectivity index (χ2v) is 7.50. The van der Waals surface area contributed by atoms with E-state index in [9.17, 15) is 9.59 Å². The van der Waals surface area contributed by atoms with E-state index in [1.54, 1.807) is 0 Å². The molecule has 1 unspecified atom stereocenters. The summed E-state index contributed by atoms with van der Waals surface area (Å²) in [6, 6.07) is 8.46. The lowest BCUT2D eigenvalue weighted by Crippen LogP contribution is -2.47.